The van der Waals surface area contributed by atoms with E-state index in [-0.39, 0.29) is 0 Å². The average molecular weight is 287 g/mol. The van der Waals surface area contributed by atoms with E-state index in [0.717, 1.165) is 13.0 Å². The summed E-state index contributed by atoms with van der Waals surface area (Å²) in [6.45, 7) is 7.81. The Bertz CT molecular complexity index is 378. The molecule has 3 nitrogen and oxygen atoms in total. The summed E-state index contributed by atoms with van der Waals surface area (Å²) in [5.74, 6) is 1.31. The minimum Gasteiger partial charge on any atom is -0.491 e. The van der Waals surface area contributed by atoms with E-state index in [1.807, 2.05) is 0 Å². The molecular weight excluding hydrogens is 264 g/mol. The van der Waals surface area contributed by atoms with Crippen LogP contribution in [0.1, 0.15) is 38.9 Å². The first-order valence-electron chi connectivity index (χ1n) is 6.68. The van der Waals surface area contributed by atoms with Crippen molar-refractivity contribution in [3.8, 4) is 5.75 Å². The molecule has 1 aromatic carbocycles. The van der Waals surface area contributed by atoms with E-state index < -0.39 is 6.10 Å². The fourth-order valence-electron chi connectivity index (χ4n) is 1.61. The lowest BCUT2D eigenvalue weighted by atomic mass is 10.1. The van der Waals surface area contributed by atoms with Gasteiger partial charge in [-0.05, 0) is 37.5 Å². The number of hydrogen-bond acceptors (Lipinski definition) is 3. The van der Waals surface area contributed by atoms with E-state index >= 15 is 0 Å². The second-order valence-electron chi connectivity index (χ2n) is 5.00. The Morgan fingerprint density at radius 3 is 2.53 bits per heavy atom. The summed E-state index contributed by atoms with van der Waals surface area (Å²) in [5, 5.41) is 10.3. The molecule has 0 heterocycles. The Labute approximate surface area is 120 Å². The van der Waals surface area contributed by atoms with Gasteiger partial charge in [-0.3, -0.25) is 0 Å². The fraction of sp³-hybridized carbons (Fsp3) is 0.600. The molecule has 0 aliphatic heterocycles. The Morgan fingerprint density at radius 1 is 1.16 bits per heavy atom. The Kier molecular flexibility index (Phi) is 7.21. The maximum atomic E-state index is 9.66. The van der Waals surface area contributed by atoms with Crippen LogP contribution < -0.4 is 4.74 Å². The van der Waals surface area contributed by atoms with Crippen LogP contribution in [0.15, 0.2) is 18.2 Å². The minimum absolute atomic E-state index is 0.472. The van der Waals surface area contributed by atoms with Crippen molar-refractivity contribution in [2.45, 2.75) is 33.3 Å². The molecule has 0 bridgehead atoms. The smallest absolute Gasteiger partial charge is 0.125 e. The summed E-state index contributed by atoms with van der Waals surface area (Å²) in [5.41, 5.74) is 0.703. The normalized spacial score (nSPS) is 12.7. The van der Waals surface area contributed by atoms with Gasteiger partial charge >= 0.3 is 0 Å². The third kappa shape index (κ3) is 6.28. The zero-order valence-electron chi connectivity index (χ0n) is 11.9. The van der Waals surface area contributed by atoms with Crippen LogP contribution in [0.5, 0.6) is 5.75 Å². The predicted molar refractivity (Wildman–Crippen MR) is 77.9 cm³/mol. The van der Waals surface area contributed by atoms with E-state index in [1.54, 1.807) is 25.1 Å². The molecule has 1 rings (SSSR count). The van der Waals surface area contributed by atoms with Crippen molar-refractivity contribution in [1.82, 2.24) is 0 Å². The van der Waals surface area contributed by atoms with Crippen molar-refractivity contribution < 1.29 is 14.6 Å². The lowest BCUT2D eigenvalue weighted by Gasteiger charge is -2.14. The van der Waals surface area contributed by atoms with Crippen LogP contribution in [0.4, 0.5) is 0 Å². The van der Waals surface area contributed by atoms with Crippen LogP contribution in [0.2, 0.25) is 5.02 Å². The van der Waals surface area contributed by atoms with Crippen LogP contribution in [0, 0.1) is 5.92 Å². The van der Waals surface area contributed by atoms with Crippen molar-refractivity contribution in [1.29, 1.82) is 0 Å². The molecule has 0 saturated carbocycles. The number of rotatable bonds is 8. The summed E-state index contributed by atoms with van der Waals surface area (Å²) >= 11 is 5.90. The molecule has 0 aromatic heterocycles. The Morgan fingerprint density at radius 2 is 1.89 bits per heavy atom. The predicted octanol–water partition coefficient (Wildman–Crippen LogP) is 3.83. The molecule has 1 atom stereocenters. The first-order chi connectivity index (χ1) is 9.00. The average Bonchev–Trinajstić information content (AvgIpc) is 2.34. The topological polar surface area (TPSA) is 38.7 Å². The zero-order valence-corrected chi connectivity index (χ0v) is 12.6. The lowest BCUT2D eigenvalue weighted by molar-refractivity contribution is 0.0909. The molecule has 19 heavy (non-hydrogen) atoms. The van der Waals surface area contributed by atoms with Gasteiger partial charge in [0, 0.05) is 17.2 Å². The van der Waals surface area contributed by atoms with E-state index in [1.165, 1.54) is 0 Å². The molecular formula is C15H23ClO3. The minimum atomic E-state index is -0.601. The molecule has 0 fully saturated rings. The molecule has 0 spiro atoms. The number of aliphatic hydroxyl groups is 1. The van der Waals surface area contributed by atoms with Crippen molar-refractivity contribution in [3.05, 3.63) is 28.8 Å². The summed E-state index contributed by atoms with van der Waals surface area (Å²) in [6.07, 6.45) is 0.454. The van der Waals surface area contributed by atoms with Gasteiger partial charge in [-0.2, -0.15) is 0 Å². The van der Waals surface area contributed by atoms with E-state index in [9.17, 15) is 5.11 Å². The highest BCUT2D eigenvalue weighted by atomic mass is 35.5. The number of halogens is 1. The Hall–Kier alpha value is -0.770. The molecule has 0 amide bonds. The molecule has 1 unspecified atom stereocenters. The molecule has 0 aliphatic carbocycles. The molecule has 0 saturated heterocycles. The largest absolute Gasteiger partial charge is 0.491 e. The third-order valence-corrected chi connectivity index (χ3v) is 2.98. The van der Waals surface area contributed by atoms with Gasteiger partial charge in [0.1, 0.15) is 12.4 Å². The van der Waals surface area contributed by atoms with Gasteiger partial charge in [-0.25, -0.2) is 0 Å². The SMILES string of the molecule is CC(C)CCOCCOc1ccc(Cl)cc1C(C)O. The standard InChI is InChI=1S/C15H23ClO3/c1-11(2)6-7-18-8-9-19-15-5-4-13(16)10-14(15)12(3)17/h4-5,10-12,17H,6-9H2,1-3H3. The van der Waals surface area contributed by atoms with Crippen LogP contribution in [-0.4, -0.2) is 24.9 Å². The van der Waals surface area contributed by atoms with Crippen molar-refractivity contribution in [2.75, 3.05) is 19.8 Å². The maximum absolute atomic E-state index is 9.66. The van der Waals surface area contributed by atoms with Gasteiger partial charge in [0.05, 0.1) is 12.7 Å². The number of hydrogen-bond donors (Lipinski definition) is 1. The van der Waals surface area contributed by atoms with Crippen molar-refractivity contribution in [2.24, 2.45) is 5.92 Å². The van der Waals surface area contributed by atoms with Gasteiger partial charge < -0.3 is 14.6 Å². The second-order valence-corrected chi connectivity index (χ2v) is 5.44. The highest BCUT2D eigenvalue weighted by molar-refractivity contribution is 6.30. The first-order valence-corrected chi connectivity index (χ1v) is 7.06. The number of benzene rings is 1. The second kappa shape index (κ2) is 8.41. The summed E-state index contributed by atoms with van der Waals surface area (Å²) in [7, 11) is 0. The third-order valence-electron chi connectivity index (χ3n) is 2.75. The van der Waals surface area contributed by atoms with Crippen LogP contribution in [0.3, 0.4) is 0 Å². The summed E-state index contributed by atoms with van der Waals surface area (Å²) in [4.78, 5) is 0. The van der Waals surface area contributed by atoms with Crippen molar-refractivity contribution in [3.63, 3.8) is 0 Å². The maximum Gasteiger partial charge on any atom is 0.125 e. The molecule has 0 aliphatic rings. The van der Waals surface area contributed by atoms with Crippen LogP contribution in [0.25, 0.3) is 0 Å². The van der Waals surface area contributed by atoms with E-state index in [4.69, 9.17) is 21.1 Å². The fourth-order valence-corrected chi connectivity index (χ4v) is 1.79. The highest BCUT2D eigenvalue weighted by Crippen LogP contribution is 2.28. The monoisotopic (exact) mass is 286 g/mol. The Balaban J connectivity index is 2.37. The molecule has 1 N–H and O–H groups in total. The van der Waals surface area contributed by atoms with Gasteiger partial charge in [0.15, 0.2) is 0 Å². The first kappa shape index (κ1) is 16.3. The van der Waals surface area contributed by atoms with Gasteiger partial charge in [0.25, 0.3) is 0 Å². The van der Waals surface area contributed by atoms with Gasteiger partial charge in [-0.1, -0.05) is 25.4 Å². The van der Waals surface area contributed by atoms with Crippen molar-refractivity contribution >= 4 is 11.6 Å². The van der Waals surface area contributed by atoms with Crippen LogP contribution in [-0.2, 0) is 4.74 Å². The summed E-state index contributed by atoms with van der Waals surface area (Å²) in [6, 6.07) is 5.25. The van der Waals surface area contributed by atoms with E-state index in [0.29, 0.717) is 35.5 Å². The molecule has 1 aromatic rings. The lowest BCUT2D eigenvalue weighted by Crippen LogP contribution is -2.10. The number of ether oxygens (including phenoxy) is 2. The summed E-state index contributed by atoms with van der Waals surface area (Å²) < 4.78 is 11.1. The molecule has 0 radical (unpaired) electrons. The zero-order chi connectivity index (χ0) is 14.3. The van der Waals surface area contributed by atoms with E-state index in [2.05, 4.69) is 13.8 Å². The number of aliphatic hydroxyl groups excluding tert-OH is 1. The van der Waals surface area contributed by atoms with Gasteiger partial charge in [0.2, 0.25) is 0 Å². The molecule has 4 heteroatoms. The highest BCUT2D eigenvalue weighted by Gasteiger charge is 2.09. The van der Waals surface area contributed by atoms with Gasteiger partial charge in [-0.15, -0.1) is 0 Å². The molecule has 108 valence electrons. The quantitative estimate of drug-likeness (QED) is 0.738. The van der Waals surface area contributed by atoms with Crippen LogP contribution >= 0.6 is 11.6 Å².